The Balaban J connectivity index is 3.01. The molecule has 0 amide bonds. The molecule has 0 atom stereocenters. The van der Waals surface area contributed by atoms with Gasteiger partial charge in [0.25, 0.3) is 0 Å². The molecule has 0 fully saturated rings. The second kappa shape index (κ2) is 7.56. The van der Waals surface area contributed by atoms with Crippen LogP contribution in [0.4, 0.5) is 4.39 Å². The molecule has 0 saturated heterocycles. The van der Waals surface area contributed by atoms with Crippen molar-refractivity contribution in [3.05, 3.63) is 29.6 Å². The Bertz CT molecular complexity index is 552. The Hall–Kier alpha value is -1.24. The number of halogens is 1. The standard InChI is InChI=1S/C17H26BFO4/c1-6-7-8-15(20)12-9-10-14(19)13(11-12)18(22)23-17(4,5)16(2,3)21/h9-11,21-22H,6-8H2,1-5H3. The van der Waals surface area contributed by atoms with Gasteiger partial charge in [0.15, 0.2) is 5.78 Å². The van der Waals surface area contributed by atoms with E-state index in [-0.39, 0.29) is 11.2 Å². The molecular formula is C17H26BFO4. The second-order valence-electron chi connectivity index (χ2n) is 6.80. The van der Waals surface area contributed by atoms with Crippen molar-refractivity contribution >= 4 is 18.4 Å². The predicted octanol–water partition coefficient (Wildman–Crippen LogP) is 2.45. The molecule has 1 rings (SSSR count). The van der Waals surface area contributed by atoms with Gasteiger partial charge in [-0.3, -0.25) is 4.79 Å². The van der Waals surface area contributed by atoms with E-state index in [1.54, 1.807) is 27.7 Å². The number of unbranched alkanes of at least 4 members (excludes halogenated alkanes) is 1. The number of ketones is 1. The number of hydrogen-bond acceptors (Lipinski definition) is 4. The smallest absolute Gasteiger partial charge is 0.423 e. The summed E-state index contributed by atoms with van der Waals surface area (Å²) in [5.41, 5.74) is -2.11. The third-order valence-electron chi connectivity index (χ3n) is 4.22. The van der Waals surface area contributed by atoms with E-state index in [0.29, 0.717) is 12.0 Å². The Morgan fingerprint density at radius 1 is 1.30 bits per heavy atom. The van der Waals surface area contributed by atoms with Crippen LogP contribution >= 0.6 is 0 Å². The van der Waals surface area contributed by atoms with E-state index >= 15 is 0 Å². The van der Waals surface area contributed by atoms with Crippen molar-refractivity contribution in [2.75, 3.05) is 0 Å². The van der Waals surface area contributed by atoms with Crippen LogP contribution < -0.4 is 5.46 Å². The van der Waals surface area contributed by atoms with E-state index < -0.39 is 24.1 Å². The number of aliphatic hydroxyl groups is 1. The van der Waals surface area contributed by atoms with Crippen molar-refractivity contribution in [1.29, 1.82) is 0 Å². The van der Waals surface area contributed by atoms with Crippen molar-refractivity contribution in [3.8, 4) is 0 Å². The highest BCUT2D eigenvalue weighted by atomic mass is 19.1. The van der Waals surface area contributed by atoms with Gasteiger partial charge in [0.2, 0.25) is 0 Å². The number of benzene rings is 1. The van der Waals surface area contributed by atoms with Gasteiger partial charge in [-0.15, -0.1) is 0 Å². The fraction of sp³-hybridized carbons (Fsp3) is 0.588. The fourth-order valence-electron chi connectivity index (χ4n) is 1.87. The van der Waals surface area contributed by atoms with Gasteiger partial charge in [-0.2, -0.15) is 0 Å². The molecule has 0 aliphatic rings. The highest BCUT2D eigenvalue weighted by Crippen LogP contribution is 2.25. The summed E-state index contributed by atoms with van der Waals surface area (Å²) in [5.74, 6) is -0.752. The van der Waals surface area contributed by atoms with Gasteiger partial charge in [-0.25, -0.2) is 4.39 Å². The van der Waals surface area contributed by atoms with Gasteiger partial charge < -0.3 is 14.8 Å². The summed E-state index contributed by atoms with van der Waals surface area (Å²) < 4.78 is 19.4. The van der Waals surface area contributed by atoms with Crippen LogP contribution in [-0.4, -0.2) is 34.2 Å². The lowest BCUT2D eigenvalue weighted by atomic mass is 9.75. The van der Waals surface area contributed by atoms with Crippen LogP contribution in [0, 0.1) is 5.82 Å². The molecular weight excluding hydrogens is 298 g/mol. The molecule has 0 saturated carbocycles. The first-order chi connectivity index (χ1) is 10.5. The minimum absolute atomic E-state index is 0.0953. The maximum atomic E-state index is 14.0. The third-order valence-corrected chi connectivity index (χ3v) is 4.22. The monoisotopic (exact) mass is 324 g/mol. The molecule has 0 aliphatic carbocycles. The van der Waals surface area contributed by atoms with Crippen LogP contribution in [0.25, 0.3) is 0 Å². The molecule has 6 heteroatoms. The molecule has 4 nitrogen and oxygen atoms in total. The SMILES string of the molecule is CCCCC(=O)c1ccc(F)c(B(O)OC(C)(C)C(C)(C)O)c1. The van der Waals surface area contributed by atoms with Crippen molar-refractivity contribution < 1.29 is 24.0 Å². The quantitative estimate of drug-likeness (QED) is 0.569. The lowest BCUT2D eigenvalue weighted by molar-refractivity contribution is -0.0983. The zero-order valence-electron chi connectivity index (χ0n) is 14.5. The number of rotatable bonds is 8. The molecule has 2 N–H and O–H groups in total. The van der Waals surface area contributed by atoms with Crippen LogP contribution in [-0.2, 0) is 4.65 Å². The highest BCUT2D eigenvalue weighted by Gasteiger charge is 2.40. The van der Waals surface area contributed by atoms with Gasteiger partial charge in [0.1, 0.15) is 5.82 Å². The van der Waals surface area contributed by atoms with Crippen LogP contribution in [0.3, 0.4) is 0 Å². The van der Waals surface area contributed by atoms with Crippen LogP contribution in [0.5, 0.6) is 0 Å². The fourth-order valence-corrected chi connectivity index (χ4v) is 1.87. The number of carbonyl (C=O) groups excluding carboxylic acids is 1. The van der Waals surface area contributed by atoms with E-state index in [1.807, 2.05) is 6.92 Å². The maximum absolute atomic E-state index is 14.0. The number of hydrogen-bond donors (Lipinski definition) is 2. The van der Waals surface area contributed by atoms with E-state index in [1.165, 1.54) is 12.1 Å². The van der Waals surface area contributed by atoms with Crippen molar-refractivity contribution in [2.45, 2.75) is 65.1 Å². The first-order valence-corrected chi connectivity index (χ1v) is 7.90. The average molecular weight is 324 g/mol. The summed E-state index contributed by atoms with van der Waals surface area (Å²) in [6.07, 6.45) is 2.04. The average Bonchev–Trinajstić information content (AvgIpc) is 2.43. The number of Topliss-reactive ketones (excluding diaryl/α,β-unsaturated/α-hetero) is 1. The topological polar surface area (TPSA) is 66.8 Å². The largest absolute Gasteiger partial charge is 0.494 e. The first kappa shape index (κ1) is 19.8. The molecule has 0 heterocycles. The summed E-state index contributed by atoms with van der Waals surface area (Å²) in [6.45, 7) is 8.27. The Morgan fingerprint density at radius 3 is 2.43 bits per heavy atom. The normalized spacial score (nSPS) is 12.3. The molecule has 1 aromatic carbocycles. The highest BCUT2D eigenvalue weighted by molar-refractivity contribution is 6.60. The summed E-state index contributed by atoms with van der Waals surface area (Å²) >= 11 is 0. The molecule has 0 unspecified atom stereocenters. The molecule has 0 radical (unpaired) electrons. The zero-order valence-corrected chi connectivity index (χ0v) is 14.5. The Labute approximate surface area is 137 Å². The van der Waals surface area contributed by atoms with Gasteiger partial charge in [0.05, 0.1) is 11.2 Å². The van der Waals surface area contributed by atoms with E-state index in [0.717, 1.165) is 18.9 Å². The Morgan fingerprint density at radius 2 is 1.91 bits per heavy atom. The van der Waals surface area contributed by atoms with E-state index in [4.69, 9.17) is 4.65 Å². The summed E-state index contributed by atoms with van der Waals surface area (Å²) in [4.78, 5) is 12.0. The molecule has 0 spiro atoms. The predicted molar refractivity (Wildman–Crippen MR) is 89.3 cm³/mol. The first-order valence-electron chi connectivity index (χ1n) is 7.90. The van der Waals surface area contributed by atoms with Crippen molar-refractivity contribution in [2.24, 2.45) is 0 Å². The minimum atomic E-state index is -1.57. The van der Waals surface area contributed by atoms with Gasteiger partial charge >= 0.3 is 7.12 Å². The third kappa shape index (κ3) is 5.13. The summed E-state index contributed by atoms with van der Waals surface area (Å²) in [6, 6.07) is 3.88. The summed E-state index contributed by atoms with van der Waals surface area (Å²) in [7, 11) is -1.57. The van der Waals surface area contributed by atoms with Gasteiger partial charge in [0, 0.05) is 17.4 Å². The lowest BCUT2D eigenvalue weighted by Crippen LogP contribution is -2.53. The summed E-state index contributed by atoms with van der Waals surface area (Å²) in [5, 5.41) is 20.3. The second-order valence-corrected chi connectivity index (χ2v) is 6.80. The van der Waals surface area contributed by atoms with Gasteiger partial charge in [-0.1, -0.05) is 13.3 Å². The van der Waals surface area contributed by atoms with Crippen molar-refractivity contribution in [1.82, 2.24) is 0 Å². The number of carbonyl (C=O) groups is 1. The molecule has 1 aromatic rings. The van der Waals surface area contributed by atoms with Crippen LogP contribution in [0.15, 0.2) is 18.2 Å². The molecule has 0 bridgehead atoms. The Kier molecular flexibility index (Phi) is 6.51. The maximum Gasteiger partial charge on any atom is 0.494 e. The van der Waals surface area contributed by atoms with Gasteiger partial charge in [-0.05, 0) is 52.3 Å². The van der Waals surface area contributed by atoms with Crippen LogP contribution in [0.2, 0.25) is 0 Å². The zero-order chi connectivity index (χ0) is 17.8. The minimum Gasteiger partial charge on any atom is -0.423 e. The lowest BCUT2D eigenvalue weighted by Gasteiger charge is -2.38. The van der Waals surface area contributed by atoms with Crippen molar-refractivity contribution in [3.63, 3.8) is 0 Å². The molecule has 128 valence electrons. The van der Waals surface area contributed by atoms with E-state index in [2.05, 4.69) is 0 Å². The van der Waals surface area contributed by atoms with Crippen LogP contribution in [0.1, 0.15) is 64.2 Å². The molecule has 0 aromatic heterocycles. The molecule has 23 heavy (non-hydrogen) atoms. The van der Waals surface area contributed by atoms with E-state index in [9.17, 15) is 19.3 Å². The molecule has 0 aliphatic heterocycles.